The molecule has 3 rings (SSSR count). The van der Waals surface area contributed by atoms with Crippen molar-refractivity contribution in [1.29, 1.82) is 0 Å². The van der Waals surface area contributed by atoms with Crippen LogP contribution in [0, 0.1) is 5.92 Å². The second-order valence-corrected chi connectivity index (χ2v) is 6.83. The van der Waals surface area contributed by atoms with E-state index in [1.807, 2.05) is 0 Å². The molecule has 2 aromatic heterocycles. The second-order valence-electron chi connectivity index (χ2n) is 5.71. The summed E-state index contributed by atoms with van der Waals surface area (Å²) in [5.74, 6) is 2.00. The van der Waals surface area contributed by atoms with E-state index in [-0.39, 0.29) is 11.8 Å². The first-order valence-corrected chi connectivity index (χ1v) is 7.99. The van der Waals surface area contributed by atoms with Crippen LogP contribution in [0.4, 0.5) is 0 Å². The summed E-state index contributed by atoms with van der Waals surface area (Å²) in [6, 6.07) is 0. The Hall–Kier alpha value is -1.76. The average Bonchev–Trinajstić information content (AvgIpc) is 3.07. The Bertz CT molecular complexity index is 624. The molecule has 6 nitrogen and oxygen atoms in total. The highest BCUT2D eigenvalue weighted by molar-refractivity contribution is 7.15. The van der Waals surface area contributed by atoms with E-state index in [1.54, 1.807) is 17.5 Å². The van der Waals surface area contributed by atoms with Crippen LogP contribution in [0.2, 0.25) is 0 Å². The van der Waals surface area contributed by atoms with Crippen molar-refractivity contribution in [2.75, 3.05) is 6.54 Å². The fourth-order valence-corrected chi connectivity index (χ4v) is 3.36. The third kappa shape index (κ3) is 3.29. The van der Waals surface area contributed by atoms with Crippen LogP contribution in [0.15, 0.2) is 10.7 Å². The minimum atomic E-state index is 0.0933. The molecule has 0 aliphatic carbocycles. The lowest BCUT2D eigenvalue weighted by molar-refractivity contribution is -0.122. The third-order valence-corrected chi connectivity index (χ3v) is 4.43. The molecular formula is C14H18N4O2S. The molecule has 1 atom stereocenters. The Morgan fingerprint density at radius 1 is 1.52 bits per heavy atom. The zero-order valence-corrected chi connectivity index (χ0v) is 12.9. The Balaban J connectivity index is 1.72. The van der Waals surface area contributed by atoms with Crippen LogP contribution in [0.5, 0.6) is 0 Å². The van der Waals surface area contributed by atoms with Crippen LogP contribution in [0.1, 0.15) is 43.4 Å². The quantitative estimate of drug-likeness (QED) is 0.938. The standard InChI is InChI=1S/C14H18N4O2S/c1-8(2)5-12-16-7-10(21-12)14-17-13(18-20-14)9-3-4-11(19)15-6-9/h7-9H,3-6H2,1-2H3,(H,15,19). The van der Waals surface area contributed by atoms with Gasteiger partial charge in [-0.05, 0) is 12.3 Å². The molecule has 21 heavy (non-hydrogen) atoms. The molecule has 3 heterocycles. The molecule has 0 radical (unpaired) electrons. The van der Waals surface area contributed by atoms with Gasteiger partial charge in [0.15, 0.2) is 5.82 Å². The molecule has 1 saturated heterocycles. The van der Waals surface area contributed by atoms with Crippen molar-refractivity contribution in [3.05, 3.63) is 17.0 Å². The summed E-state index contributed by atoms with van der Waals surface area (Å²) in [6.07, 6.45) is 4.04. The maximum atomic E-state index is 11.2. The Labute approximate surface area is 127 Å². The highest BCUT2D eigenvalue weighted by Crippen LogP contribution is 2.28. The summed E-state index contributed by atoms with van der Waals surface area (Å²) in [6.45, 7) is 4.92. The summed E-state index contributed by atoms with van der Waals surface area (Å²) >= 11 is 1.60. The highest BCUT2D eigenvalue weighted by Gasteiger charge is 2.24. The zero-order valence-electron chi connectivity index (χ0n) is 12.1. The fourth-order valence-electron chi connectivity index (χ4n) is 2.31. The van der Waals surface area contributed by atoms with Gasteiger partial charge in [-0.2, -0.15) is 4.98 Å². The maximum absolute atomic E-state index is 11.2. The normalized spacial score (nSPS) is 19.0. The van der Waals surface area contributed by atoms with Gasteiger partial charge >= 0.3 is 0 Å². The van der Waals surface area contributed by atoms with Crippen LogP contribution in [0.25, 0.3) is 10.8 Å². The monoisotopic (exact) mass is 306 g/mol. The van der Waals surface area contributed by atoms with Crippen molar-refractivity contribution in [1.82, 2.24) is 20.4 Å². The number of nitrogens with zero attached hydrogens (tertiary/aromatic N) is 3. The van der Waals surface area contributed by atoms with E-state index < -0.39 is 0 Å². The molecule has 112 valence electrons. The molecule has 0 spiro atoms. The molecule has 2 aromatic rings. The van der Waals surface area contributed by atoms with Gasteiger partial charge in [0, 0.05) is 25.3 Å². The van der Waals surface area contributed by atoms with Crippen molar-refractivity contribution in [2.24, 2.45) is 5.92 Å². The molecule has 7 heteroatoms. The largest absolute Gasteiger partial charge is 0.355 e. The molecule has 1 fully saturated rings. The predicted molar refractivity (Wildman–Crippen MR) is 78.9 cm³/mol. The van der Waals surface area contributed by atoms with Gasteiger partial charge in [0.2, 0.25) is 5.91 Å². The van der Waals surface area contributed by atoms with Gasteiger partial charge < -0.3 is 9.84 Å². The van der Waals surface area contributed by atoms with E-state index in [1.165, 1.54) is 0 Å². The topological polar surface area (TPSA) is 80.9 Å². The van der Waals surface area contributed by atoms with Gasteiger partial charge in [-0.25, -0.2) is 4.98 Å². The molecule has 0 bridgehead atoms. The number of rotatable bonds is 4. The van der Waals surface area contributed by atoms with Crippen LogP contribution in [0.3, 0.4) is 0 Å². The first kappa shape index (κ1) is 14.2. The number of hydrogen-bond donors (Lipinski definition) is 1. The van der Waals surface area contributed by atoms with Crippen molar-refractivity contribution < 1.29 is 9.32 Å². The first-order chi connectivity index (χ1) is 10.1. The van der Waals surface area contributed by atoms with Gasteiger partial charge in [-0.3, -0.25) is 4.79 Å². The Morgan fingerprint density at radius 2 is 2.38 bits per heavy atom. The summed E-state index contributed by atoms with van der Waals surface area (Å²) in [5.41, 5.74) is 0. The van der Waals surface area contributed by atoms with E-state index in [4.69, 9.17) is 4.52 Å². The van der Waals surface area contributed by atoms with Crippen molar-refractivity contribution >= 4 is 17.2 Å². The molecule has 1 aliphatic rings. The van der Waals surface area contributed by atoms with Gasteiger partial charge in [0.1, 0.15) is 4.88 Å². The van der Waals surface area contributed by atoms with Gasteiger partial charge in [-0.1, -0.05) is 19.0 Å². The van der Waals surface area contributed by atoms with Gasteiger partial charge in [0.25, 0.3) is 5.89 Å². The molecule has 0 aromatic carbocycles. The van der Waals surface area contributed by atoms with Crippen molar-refractivity contribution in [3.63, 3.8) is 0 Å². The number of aromatic nitrogens is 3. The summed E-state index contributed by atoms with van der Waals surface area (Å²) < 4.78 is 5.35. The number of piperidine rings is 1. The minimum Gasteiger partial charge on any atom is -0.355 e. The van der Waals surface area contributed by atoms with Crippen LogP contribution in [-0.4, -0.2) is 27.6 Å². The number of amides is 1. The highest BCUT2D eigenvalue weighted by atomic mass is 32.1. The average molecular weight is 306 g/mol. The van der Waals surface area contributed by atoms with Gasteiger partial charge in [0.05, 0.1) is 11.2 Å². The fraction of sp³-hybridized carbons (Fsp3) is 0.571. The van der Waals surface area contributed by atoms with E-state index in [0.717, 1.165) is 22.7 Å². The lowest BCUT2D eigenvalue weighted by Crippen LogP contribution is -2.34. The molecular weight excluding hydrogens is 288 g/mol. The summed E-state index contributed by atoms with van der Waals surface area (Å²) in [4.78, 5) is 20.9. The Morgan fingerprint density at radius 3 is 3.10 bits per heavy atom. The number of carbonyl (C=O) groups is 1. The number of hydrogen-bond acceptors (Lipinski definition) is 6. The van der Waals surface area contributed by atoms with E-state index in [0.29, 0.717) is 30.6 Å². The van der Waals surface area contributed by atoms with Crippen LogP contribution >= 0.6 is 11.3 Å². The smallest absolute Gasteiger partial charge is 0.269 e. The Kier molecular flexibility index (Phi) is 4.01. The van der Waals surface area contributed by atoms with E-state index in [9.17, 15) is 4.79 Å². The molecule has 1 amide bonds. The number of nitrogens with one attached hydrogen (secondary N) is 1. The number of carbonyl (C=O) groups excluding carboxylic acids is 1. The van der Waals surface area contributed by atoms with Gasteiger partial charge in [-0.15, -0.1) is 11.3 Å². The molecule has 1 unspecified atom stereocenters. The maximum Gasteiger partial charge on any atom is 0.269 e. The summed E-state index contributed by atoms with van der Waals surface area (Å²) in [7, 11) is 0. The van der Waals surface area contributed by atoms with Crippen LogP contribution < -0.4 is 5.32 Å². The SMILES string of the molecule is CC(C)Cc1ncc(-c2nc(C3CCC(=O)NC3)no2)s1. The number of thiazole rings is 1. The predicted octanol–water partition coefficient (Wildman–Crippen LogP) is 2.39. The molecule has 1 aliphatic heterocycles. The van der Waals surface area contributed by atoms with Crippen molar-refractivity contribution in [3.8, 4) is 10.8 Å². The first-order valence-electron chi connectivity index (χ1n) is 7.17. The van der Waals surface area contributed by atoms with E-state index in [2.05, 4.69) is 34.3 Å². The lowest BCUT2D eigenvalue weighted by atomic mass is 9.99. The molecule has 1 N–H and O–H groups in total. The second kappa shape index (κ2) is 5.93. The zero-order chi connectivity index (χ0) is 14.8. The van der Waals surface area contributed by atoms with E-state index >= 15 is 0 Å². The third-order valence-electron chi connectivity index (χ3n) is 3.42. The lowest BCUT2D eigenvalue weighted by Gasteiger charge is -2.18. The van der Waals surface area contributed by atoms with Crippen molar-refractivity contribution in [2.45, 2.75) is 39.0 Å². The molecule has 0 saturated carbocycles. The minimum absolute atomic E-state index is 0.0933. The van der Waals surface area contributed by atoms with Crippen LogP contribution in [-0.2, 0) is 11.2 Å². The summed E-state index contributed by atoms with van der Waals surface area (Å²) in [5, 5.41) is 7.98.